The average molecular weight is 328 g/mol. The number of aliphatic carboxylic acids is 1. The van der Waals surface area contributed by atoms with Gasteiger partial charge in [-0.1, -0.05) is 36.4 Å². The number of hydrogen-bond acceptors (Lipinski definition) is 3. The normalized spacial score (nSPS) is 11.7. The van der Waals surface area contributed by atoms with Crippen LogP contribution in [0.25, 0.3) is 0 Å². The number of aromatic nitrogens is 1. The van der Waals surface area contributed by atoms with Crippen molar-refractivity contribution in [2.24, 2.45) is 0 Å². The Morgan fingerprint density at radius 1 is 1.08 bits per heavy atom. The van der Waals surface area contributed by atoms with Crippen LogP contribution < -0.4 is 10.9 Å². The van der Waals surface area contributed by atoms with E-state index < -0.39 is 5.97 Å². The number of carboxylic acids is 1. The van der Waals surface area contributed by atoms with Crippen molar-refractivity contribution in [1.82, 2.24) is 9.88 Å². The molecule has 2 rings (SSSR count). The van der Waals surface area contributed by atoms with Gasteiger partial charge in [-0.25, -0.2) is 0 Å². The summed E-state index contributed by atoms with van der Waals surface area (Å²) in [7, 11) is 0. The van der Waals surface area contributed by atoms with E-state index >= 15 is 0 Å². The number of nitrogens with zero attached hydrogens (tertiary/aromatic N) is 1. The van der Waals surface area contributed by atoms with Gasteiger partial charge in [-0.15, -0.1) is 0 Å². The van der Waals surface area contributed by atoms with Gasteiger partial charge in [-0.05, 0) is 24.5 Å². The van der Waals surface area contributed by atoms with Gasteiger partial charge in [0.15, 0.2) is 0 Å². The van der Waals surface area contributed by atoms with Crippen molar-refractivity contribution in [3.05, 3.63) is 70.6 Å². The smallest absolute Gasteiger partial charge is 0.303 e. The highest BCUT2D eigenvalue weighted by atomic mass is 16.4. The van der Waals surface area contributed by atoms with Crippen LogP contribution >= 0.6 is 0 Å². The fourth-order valence-electron chi connectivity index (χ4n) is 2.44. The molecule has 2 N–H and O–H groups in total. The summed E-state index contributed by atoms with van der Waals surface area (Å²) < 4.78 is 1.31. The molecule has 1 heterocycles. The molecule has 2 aromatic rings. The highest BCUT2D eigenvalue weighted by molar-refractivity contribution is 5.76. The minimum absolute atomic E-state index is 0.0247. The van der Waals surface area contributed by atoms with E-state index in [2.05, 4.69) is 5.32 Å². The third-order valence-electron chi connectivity index (χ3n) is 3.61. The van der Waals surface area contributed by atoms with Crippen molar-refractivity contribution in [2.75, 3.05) is 0 Å². The summed E-state index contributed by atoms with van der Waals surface area (Å²) in [6, 6.07) is 13.9. The fraction of sp³-hybridized carbons (Fsp3) is 0.278. The molecule has 1 unspecified atom stereocenters. The SMILES string of the molecule is O=C(O)CCC(Cc1ccccc1)NC(=O)Cn1ccccc1=O. The second kappa shape index (κ2) is 8.67. The Morgan fingerprint density at radius 3 is 2.46 bits per heavy atom. The number of hydrogen-bond donors (Lipinski definition) is 2. The molecule has 6 heteroatoms. The summed E-state index contributed by atoms with van der Waals surface area (Å²) in [6.45, 7) is -0.0853. The molecule has 0 fully saturated rings. The van der Waals surface area contributed by atoms with Gasteiger partial charge in [0.1, 0.15) is 6.54 Å². The topological polar surface area (TPSA) is 88.4 Å². The molecule has 0 aliphatic heterocycles. The minimum atomic E-state index is -0.901. The molecule has 1 aromatic heterocycles. The molecule has 0 spiro atoms. The zero-order valence-electron chi connectivity index (χ0n) is 13.2. The van der Waals surface area contributed by atoms with Crippen LogP contribution in [-0.2, 0) is 22.6 Å². The lowest BCUT2D eigenvalue weighted by atomic mass is 10.0. The van der Waals surface area contributed by atoms with Gasteiger partial charge >= 0.3 is 5.97 Å². The van der Waals surface area contributed by atoms with Crippen LogP contribution in [0.15, 0.2) is 59.5 Å². The van der Waals surface area contributed by atoms with Gasteiger partial charge < -0.3 is 15.0 Å². The lowest BCUT2D eigenvalue weighted by Crippen LogP contribution is -2.40. The summed E-state index contributed by atoms with van der Waals surface area (Å²) in [5.41, 5.74) is 0.767. The maximum Gasteiger partial charge on any atom is 0.303 e. The maximum atomic E-state index is 12.2. The number of carbonyl (C=O) groups excluding carboxylic acids is 1. The number of pyridine rings is 1. The number of rotatable bonds is 8. The van der Waals surface area contributed by atoms with Crippen molar-refractivity contribution in [3.63, 3.8) is 0 Å². The fourth-order valence-corrected chi connectivity index (χ4v) is 2.44. The van der Waals surface area contributed by atoms with E-state index in [0.29, 0.717) is 12.8 Å². The number of carbonyl (C=O) groups is 2. The molecule has 0 bridgehead atoms. The van der Waals surface area contributed by atoms with Gasteiger partial charge in [-0.2, -0.15) is 0 Å². The molecule has 0 saturated heterocycles. The van der Waals surface area contributed by atoms with Crippen molar-refractivity contribution in [2.45, 2.75) is 31.8 Å². The lowest BCUT2D eigenvalue weighted by Gasteiger charge is -2.18. The van der Waals surface area contributed by atoms with Crippen LogP contribution in [0.1, 0.15) is 18.4 Å². The van der Waals surface area contributed by atoms with Gasteiger partial charge in [0.05, 0.1) is 0 Å². The van der Waals surface area contributed by atoms with Gasteiger partial charge in [0.2, 0.25) is 5.91 Å². The Bertz CT molecular complexity index is 740. The first-order valence-electron chi connectivity index (χ1n) is 7.75. The van der Waals surface area contributed by atoms with E-state index in [1.807, 2.05) is 30.3 Å². The lowest BCUT2D eigenvalue weighted by molar-refractivity contribution is -0.137. The Balaban J connectivity index is 2.00. The van der Waals surface area contributed by atoms with Crippen LogP contribution in [0.4, 0.5) is 0 Å². The summed E-state index contributed by atoms with van der Waals surface area (Å²) in [5.74, 6) is -1.21. The molecule has 0 saturated carbocycles. The molecule has 0 aliphatic carbocycles. The van der Waals surface area contributed by atoms with Gasteiger partial charge in [-0.3, -0.25) is 14.4 Å². The monoisotopic (exact) mass is 328 g/mol. The van der Waals surface area contributed by atoms with Gasteiger partial charge in [0.25, 0.3) is 5.56 Å². The van der Waals surface area contributed by atoms with E-state index in [9.17, 15) is 14.4 Å². The van der Waals surface area contributed by atoms with Crippen LogP contribution in [-0.4, -0.2) is 27.6 Å². The second-order valence-corrected chi connectivity index (χ2v) is 5.55. The molecule has 1 amide bonds. The first-order chi connectivity index (χ1) is 11.5. The Morgan fingerprint density at radius 2 is 1.79 bits per heavy atom. The summed E-state index contributed by atoms with van der Waals surface area (Å²) >= 11 is 0. The summed E-state index contributed by atoms with van der Waals surface area (Å²) in [6.07, 6.45) is 2.40. The molecule has 0 aliphatic rings. The first kappa shape index (κ1) is 17.5. The van der Waals surface area contributed by atoms with Crippen molar-refractivity contribution < 1.29 is 14.7 Å². The number of carboxylic acid groups (broad SMARTS) is 1. The van der Waals surface area contributed by atoms with Crippen LogP contribution in [0.2, 0.25) is 0 Å². The third kappa shape index (κ3) is 5.72. The largest absolute Gasteiger partial charge is 0.481 e. The predicted octanol–water partition coefficient (Wildman–Crippen LogP) is 1.44. The molecule has 126 valence electrons. The van der Waals surface area contributed by atoms with Crippen LogP contribution in [0, 0.1) is 0 Å². The Kier molecular flexibility index (Phi) is 6.31. The molecular weight excluding hydrogens is 308 g/mol. The number of nitrogens with one attached hydrogen (secondary N) is 1. The molecule has 6 nitrogen and oxygen atoms in total. The van der Waals surface area contributed by atoms with E-state index in [4.69, 9.17) is 5.11 Å². The summed E-state index contributed by atoms with van der Waals surface area (Å²) in [5, 5.41) is 11.7. The van der Waals surface area contributed by atoms with E-state index in [1.54, 1.807) is 18.3 Å². The van der Waals surface area contributed by atoms with Crippen molar-refractivity contribution in [1.29, 1.82) is 0 Å². The molecule has 1 aromatic carbocycles. The van der Waals surface area contributed by atoms with Crippen LogP contribution in [0.5, 0.6) is 0 Å². The Hall–Kier alpha value is -2.89. The van der Waals surface area contributed by atoms with Crippen LogP contribution in [0.3, 0.4) is 0 Å². The quantitative estimate of drug-likeness (QED) is 0.767. The predicted molar refractivity (Wildman–Crippen MR) is 89.6 cm³/mol. The first-order valence-corrected chi connectivity index (χ1v) is 7.75. The van der Waals surface area contributed by atoms with Gasteiger partial charge in [0, 0.05) is 24.7 Å². The molecule has 1 atom stereocenters. The molecule has 0 radical (unpaired) electrons. The maximum absolute atomic E-state index is 12.2. The second-order valence-electron chi connectivity index (χ2n) is 5.55. The zero-order valence-corrected chi connectivity index (χ0v) is 13.2. The number of amides is 1. The molecule has 24 heavy (non-hydrogen) atoms. The highest BCUT2D eigenvalue weighted by Gasteiger charge is 2.15. The molecular formula is C18H20N2O4. The zero-order chi connectivity index (χ0) is 17.4. The highest BCUT2D eigenvalue weighted by Crippen LogP contribution is 2.08. The van der Waals surface area contributed by atoms with Crippen molar-refractivity contribution in [3.8, 4) is 0 Å². The van der Waals surface area contributed by atoms with E-state index in [0.717, 1.165) is 5.56 Å². The van der Waals surface area contributed by atoms with E-state index in [-0.39, 0.29) is 30.5 Å². The Labute approximate surface area is 139 Å². The van der Waals surface area contributed by atoms with Crippen molar-refractivity contribution >= 4 is 11.9 Å². The minimum Gasteiger partial charge on any atom is -0.481 e. The standard InChI is InChI=1S/C18H20N2O4/c21-16(13-20-11-5-4-8-17(20)22)19-15(9-10-18(23)24)12-14-6-2-1-3-7-14/h1-8,11,15H,9-10,12-13H2,(H,19,21)(H,23,24). The third-order valence-corrected chi connectivity index (χ3v) is 3.61. The number of benzene rings is 1. The van der Waals surface area contributed by atoms with E-state index in [1.165, 1.54) is 10.6 Å². The summed E-state index contributed by atoms with van der Waals surface area (Å²) in [4.78, 5) is 34.7. The average Bonchev–Trinajstić information content (AvgIpc) is 2.56.